The third-order valence-corrected chi connectivity index (χ3v) is 18.1. The Morgan fingerprint density at radius 3 is 1.77 bits per heavy atom. The average molecular weight is 767 g/mol. The highest BCUT2D eigenvalue weighted by Crippen LogP contribution is 2.69. The molecule has 10 heteroatoms. The van der Waals surface area contributed by atoms with Crippen LogP contribution in [0.25, 0.3) is 10.8 Å². The molecule has 0 radical (unpaired) electrons. The van der Waals surface area contributed by atoms with E-state index in [1.807, 2.05) is 0 Å². The van der Waals surface area contributed by atoms with E-state index < -0.39 is 29.3 Å². The first kappa shape index (κ1) is 36.6. The summed E-state index contributed by atoms with van der Waals surface area (Å²) < 4.78 is 14.7. The summed E-state index contributed by atoms with van der Waals surface area (Å²) in [6.07, 6.45) is 6.79. The predicted molar refractivity (Wildman–Crippen MR) is 212 cm³/mol. The van der Waals surface area contributed by atoms with Crippen molar-refractivity contribution in [1.82, 2.24) is 4.98 Å². The number of ether oxygens (including phenoxy) is 2. The number of nitrogens with one attached hydrogen (secondary N) is 1. The van der Waals surface area contributed by atoms with Gasteiger partial charge in [-0.2, -0.15) is 0 Å². The van der Waals surface area contributed by atoms with Crippen molar-refractivity contribution in [2.45, 2.75) is 143 Å². The molecule has 4 saturated carbocycles. The van der Waals surface area contributed by atoms with Crippen LogP contribution in [-0.4, -0.2) is 65.5 Å². The highest BCUT2D eigenvalue weighted by atomic mass is 16.5. The van der Waals surface area contributed by atoms with Crippen LogP contribution in [0.2, 0.25) is 0 Å². The number of carbonyl (C=O) groups excluding carboxylic acids is 1. The van der Waals surface area contributed by atoms with E-state index in [-0.39, 0.29) is 68.3 Å². The van der Waals surface area contributed by atoms with Crippen molar-refractivity contribution in [2.75, 3.05) is 0 Å². The molecule has 0 saturated heterocycles. The molecule has 10 rings (SSSR count). The minimum atomic E-state index is -0.689. The second kappa shape index (κ2) is 11.0. The zero-order chi connectivity index (χ0) is 39.9. The van der Waals surface area contributed by atoms with Gasteiger partial charge in [0.05, 0.1) is 39.8 Å². The number of aliphatic hydroxyl groups is 2. The number of fused-ring (bicyclic) bond motifs is 10. The lowest BCUT2D eigenvalue weighted by Crippen LogP contribution is -2.66. The van der Waals surface area contributed by atoms with Crippen molar-refractivity contribution in [2.24, 2.45) is 50.3 Å². The van der Waals surface area contributed by atoms with E-state index in [2.05, 4.69) is 65.4 Å². The lowest BCUT2D eigenvalue weighted by molar-refractivity contribution is -0.210. The van der Waals surface area contributed by atoms with Crippen LogP contribution < -0.4 is 9.47 Å². The monoisotopic (exact) mass is 766 g/mol. The lowest BCUT2D eigenvalue weighted by Gasteiger charge is -2.64. The lowest BCUT2D eigenvalue weighted by atomic mass is 9.43. The molecule has 0 bridgehead atoms. The van der Waals surface area contributed by atoms with Crippen LogP contribution >= 0.6 is 0 Å². The number of aromatic hydroxyl groups is 3. The number of carbonyl (C=O) groups is 1. The van der Waals surface area contributed by atoms with E-state index in [9.17, 15) is 30.3 Å². The number of aromatic amines is 1. The standard InChI is InChI=1S/C46H58N2O8/c1-21-9-11-29-41(3,4)31(51)13-15-43(29,7)45(21)19-25-27(49)17-23-33(37(25)55-45)35(47-39(23)53)36-34-24(40(54)48-36)18-28(50)26-20-46(56-38(26)34)22(2)10-12-30-42(5,6)32(52)14-16-44(30,46)8/h17-18,21-22,29-32,47,49-53H,9-16,19-20H2,1-8H3/t21-,22-,29+,30+,31-,32-,43+,44+,45-,46-/m1/s1. The van der Waals surface area contributed by atoms with Gasteiger partial charge < -0.3 is 40.0 Å². The predicted octanol–water partition coefficient (Wildman–Crippen LogP) is 8.09. The molecule has 7 aliphatic rings. The van der Waals surface area contributed by atoms with Gasteiger partial charge in [0.2, 0.25) is 0 Å². The molecule has 6 N–H and O–H groups in total. The first-order valence-electron chi connectivity index (χ1n) is 21.1. The largest absolute Gasteiger partial charge is 0.508 e. The van der Waals surface area contributed by atoms with E-state index in [0.29, 0.717) is 76.1 Å². The number of phenols is 2. The summed E-state index contributed by atoms with van der Waals surface area (Å²) in [6, 6.07) is 3.11. The Kier molecular flexibility index (Phi) is 7.21. The normalized spacial score (nSPS) is 40.1. The number of aliphatic hydroxyl groups excluding tert-OH is 2. The molecule has 3 aliphatic heterocycles. The number of benzene rings is 2. The summed E-state index contributed by atoms with van der Waals surface area (Å²) in [5, 5.41) is 58.1. The number of hydrogen-bond donors (Lipinski definition) is 6. The summed E-state index contributed by atoms with van der Waals surface area (Å²) in [7, 11) is 0. The number of H-pyrrole nitrogens is 1. The van der Waals surface area contributed by atoms with Gasteiger partial charge in [-0.3, -0.25) is 4.79 Å². The van der Waals surface area contributed by atoms with Crippen LogP contribution in [0.4, 0.5) is 0 Å². The van der Waals surface area contributed by atoms with Gasteiger partial charge in [0.1, 0.15) is 39.9 Å². The van der Waals surface area contributed by atoms with Crippen LogP contribution in [0.1, 0.15) is 139 Å². The van der Waals surface area contributed by atoms with Crippen LogP contribution in [0.5, 0.6) is 28.9 Å². The molecule has 4 heterocycles. The van der Waals surface area contributed by atoms with Gasteiger partial charge in [-0.15, -0.1) is 0 Å². The minimum absolute atomic E-state index is 0.0124. The number of hydrogen-bond acceptors (Lipinski definition) is 8. The second-order valence-electron chi connectivity index (χ2n) is 20.9. The smallest absolute Gasteiger partial charge is 0.278 e. The van der Waals surface area contributed by atoms with Crippen molar-refractivity contribution < 1.29 is 39.8 Å². The SMILES string of the molecule is C[C@@H]1CC[C@H]2C(C)(C)[C@H](O)CC[C@]2(C)[C@@]12Cc1c(O)cc3c(c1O2)C(c1[nH]c(O)c2cc(O)c4c(c12)O[C@]1(C4)[C@H](C)CC[C@H]2C(C)(C)[C@H](O)CC[C@@]21C)=NC3=O. The summed E-state index contributed by atoms with van der Waals surface area (Å²) in [6.45, 7) is 17.8. The number of amides is 1. The van der Waals surface area contributed by atoms with E-state index in [1.54, 1.807) is 6.07 Å². The molecule has 10 nitrogen and oxygen atoms in total. The number of phenolic OH excluding ortho intramolecular Hbond substituents is 2. The van der Waals surface area contributed by atoms with E-state index in [0.717, 1.165) is 38.5 Å². The first-order chi connectivity index (χ1) is 26.2. The molecule has 1 aromatic heterocycles. The summed E-state index contributed by atoms with van der Waals surface area (Å²) in [5.74, 6) is 0.970. The molecule has 1 amide bonds. The Labute approximate surface area is 328 Å². The molecular weight excluding hydrogens is 709 g/mol. The van der Waals surface area contributed by atoms with Gasteiger partial charge in [-0.25, -0.2) is 4.99 Å². The summed E-state index contributed by atoms with van der Waals surface area (Å²) in [4.78, 5) is 21.7. The van der Waals surface area contributed by atoms with Crippen molar-refractivity contribution in [3.63, 3.8) is 0 Å². The zero-order valence-corrected chi connectivity index (χ0v) is 34.1. The minimum Gasteiger partial charge on any atom is -0.508 e. The fraction of sp³-hybridized carbons (Fsp3) is 0.652. The Bertz CT molecular complexity index is 2290. The fourth-order valence-corrected chi connectivity index (χ4v) is 14.6. The van der Waals surface area contributed by atoms with Gasteiger partial charge >= 0.3 is 0 Å². The van der Waals surface area contributed by atoms with Crippen LogP contribution in [-0.2, 0) is 12.8 Å². The van der Waals surface area contributed by atoms with Crippen LogP contribution in [0, 0.1) is 45.3 Å². The average Bonchev–Trinajstić information content (AvgIpc) is 3.90. The summed E-state index contributed by atoms with van der Waals surface area (Å²) >= 11 is 0. The van der Waals surface area contributed by atoms with Crippen molar-refractivity contribution in [1.29, 1.82) is 0 Å². The highest BCUT2D eigenvalue weighted by Gasteiger charge is 2.69. The maximum absolute atomic E-state index is 13.9. The molecule has 3 aromatic rings. The molecule has 4 fully saturated rings. The molecule has 10 atom stereocenters. The third-order valence-electron chi connectivity index (χ3n) is 18.1. The molecule has 56 heavy (non-hydrogen) atoms. The molecule has 300 valence electrons. The Balaban J connectivity index is 1.12. The molecule has 4 aliphatic carbocycles. The van der Waals surface area contributed by atoms with Crippen LogP contribution in [0.15, 0.2) is 17.1 Å². The number of rotatable bonds is 1. The van der Waals surface area contributed by atoms with Gasteiger partial charge in [0, 0.05) is 34.8 Å². The van der Waals surface area contributed by atoms with Crippen molar-refractivity contribution in [3.8, 4) is 28.9 Å². The molecular formula is C46H58N2O8. The van der Waals surface area contributed by atoms with E-state index in [1.165, 1.54) is 6.07 Å². The third kappa shape index (κ3) is 4.11. The Morgan fingerprint density at radius 1 is 0.714 bits per heavy atom. The van der Waals surface area contributed by atoms with E-state index >= 15 is 0 Å². The van der Waals surface area contributed by atoms with Crippen molar-refractivity contribution >= 4 is 22.4 Å². The topological polar surface area (TPSA) is 165 Å². The molecule has 2 spiro atoms. The maximum atomic E-state index is 13.9. The fourth-order valence-electron chi connectivity index (χ4n) is 14.6. The molecule has 0 unspecified atom stereocenters. The van der Waals surface area contributed by atoms with Crippen molar-refractivity contribution in [3.05, 3.63) is 40.1 Å². The second-order valence-corrected chi connectivity index (χ2v) is 20.9. The highest BCUT2D eigenvalue weighted by molar-refractivity contribution is 6.32. The quantitative estimate of drug-likeness (QED) is 0.145. The van der Waals surface area contributed by atoms with E-state index in [4.69, 9.17) is 9.47 Å². The number of aliphatic imine (C=N–C) groups is 1. The number of nitrogens with zero attached hydrogens (tertiary/aromatic N) is 1. The summed E-state index contributed by atoms with van der Waals surface area (Å²) in [5.41, 5.74) is 0.130. The van der Waals surface area contributed by atoms with Gasteiger partial charge in [-0.05, 0) is 98.0 Å². The van der Waals surface area contributed by atoms with Gasteiger partial charge in [-0.1, -0.05) is 55.4 Å². The molecule has 2 aromatic carbocycles. The Morgan fingerprint density at radius 2 is 1.21 bits per heavy atom. The zero-order valence-electron chi connectivity index (χ0n) is 34.1. The number of aromatic nitrogens is 1. The van der Waals surface area contributed by atoms with Gasteiger partial charge in [0.15, 0.2) is 5.88 Å². The van der Waals surface area contributed by atoms with Crippen LogP contribution in [0.3, 0.4) is 0 Å². The first-order valence-corrected chi connectivity index (χ1v) is 21.1. The van der Waals surface area contributed by atoms with Gasteiger partial charge in [0.25, 0.3) is 5.91 Å². The maximum Gasteiger partial charge on any atom is 0.278 e. The Hall–Kier alpha value is -3.76.